The fourth-order valence-electron chi connectivity index (χ4n) is 2.78. The quantitative estimate of drug-likeness (QED) is 0.600. The molecule has 0 aliphatic rings. The second-order valence-electron chi connectivity index (χ2n) is 6.31. The number of hydrogen-bond donors (Lipinski definition) is 0. The maximum absolute atomic E-state index is 12.4. The highest BCUT2D eigenvalue weighted by molar-refractivity contribution is 7.98. The van der Waals surface area contributed by atoms with E-state index in [9.17, 15) is 8.42 Å². The Hall–Kier alpha value is -1.83. The molecule has 0 saturated heterocycles. The standard InChI is InChI=1S/C19H23N3O2S2/c1-5-22-18-11-10-16(26(23,24)21(3)4)12-17(18)20-19(22)13-25-15-8-6-14(2)7-9-15/h6-12H,5,13H2,1-4H3. The molecule has 0 fully saturated rings. The zero-order chi connectivity index (χ0) is 18.9. The van der Waals surface area contributed by atoms with Crippen molar-refractivity contribution in [2.45, 2.75) is 35.9 Å². The van der Waals surface area contributed by atoms with E-state index in [4.69, 9.17) is 4.98 Å². The van der Waals surface area contributed by atoms with Crippen molar-refractivity contribution >= 4 is 32.8 Å². The highest BCUT2D eigenvalue weighted by Gasteiger charge is 2.19. The van der Waals surface area contributed by atoms with Crippen LogP contribution in [0.4, 0.5) is 0 Å². The number of hydrogen-bond acceptors (Lipinski definition) is 4. The average molecular weight is 390 g/mol. The van der Waals surface area contributed by atoms with Gasteiger partial charge in [-0.2, -0.15) is 0 Å². The summed E-state index contributed by atoms with van der Waals surface area (Å²) in [6.45, 7) is 4.94. The second kappa shape index (κ2) is 7.42. The molecular formula is C19H23N3O2S2. The smallest absolute Gasteiger partial charge is 0.242 e. The van der Waals surface area contributed by atoms with Gasteiger partial charge in [0.1, 0.15) is 5.82 Å². The highest BCUT2D eigenvalue weighted by atomic mass is 32.2. The largest absolute Gasteiger partial charge is 0.328 e. The van der Waals surface area contributed by atoms with Gasteiger partial charge >= 0.3 is 0 Å². The second-order valence-corrected chi connectivity index (χ2v) is 9.51. The molecule has 5 nitrogen and oxygen atoms in total. The average Bonchev–Trinajstić information content (AvgIpc) is 2.97. The summed E-state index contributed by atoms with van der Waals surface area (Å²) in [6, 6.07) is 13.6. The summed E-state index contributed by atoms with van der Waals surface area (Å²) in [5.41, 5.74) is 2.92. The van der Waals surface area contributed by atoms with Crippen LogP contribution in [0.15, 0.2) is 52.3 Å². The fourth-order valence-corrected chi connectivity index (χ4v) is 4.54. The molecule has 0 aliphatic carbocycles. The SMILES string of the molecule is CCn1c(CSc2ccc(C)cc2)nc2cc(S(=O)(=O)N(C)C)ccc21. The van der Waals surface area contributed by atoms with Gasteiger partial charge in [-0.25, -0.2) is 17.7 Å². The Balaban J connectivity index is 1.94. The summed E-state index contributed by atoms with van der Waals surface area (Å²) in [7, 11) is -0.388. The van der Waals surface area contributed by atoms with E-state index in [2.05, 4.69) is 42.7 Å². The van der Waals surface area contributed by atoms with Crippen LogP contribution >= 0.6 is 11.8 Å². The van der Waals surface area contributed by atoms with Gasteiger partial charge in [-0.3, -0.25) is 0 Å². The molecule has 0 radical (unpaired) electrons. The Morgan fingerprint density at radius 2 is 1.81 bits per heavy atom. The van der Waals surface area contributed by atoms with Gasteiger partial charge in [0.05, 0.1) is 21.7 Å². The molecule has 0 bridgehead atoms. The van der Waals surface area contributed by atoms with Crippen molar-refractivity contribution < 1.29 is 8.42 Å². The van der Waals surface area contributed by atoms with Crippen LogP contribution in [0.25, 0.3) is 11.0 Å². The molecule has 0 saturated carbocycles. The van der Waals surface area contributed by atoms with E-state index in [-0.39, 0.29) is 4.90 Å². The number of aromatic nitrogens is 2. The van der Waals surface area contributed by atoms with Crippen LogP contribution in [0.2, 0.25) is 0 Å². The van der Waals surface area contributed by atoms with Crippen LogP contribution in [0.5, 0.6) is 0 Å². The predicted molar refractivity (Wildman–Crippen MR) is 107 cm³/mol. The van der Waals surface area contributed by atoms with Gasteiger partial charge < -0.3 is 4.57 Å². The molecule has 2 aromatic carbocycles. The normalized spacial score (nSPS) is 12.2. The highest BCUT2D eigenvalue weighted by Crippen LogP contribution is 2.27. The van der Waals surface area contributed by atoms with Crippen LogP contribution in [0, 0.1) is 6.92 Å². The van der Waals surface area contributed by atoms with Crippen LogP contribution in [0.1, 0.15) is 18.3 Å². The molecule has 0 N–H and O–H groups in total. The first-order valence-corrected chi connectivity index (χ1v) is 10.9. The van der Waals surface area contributed by atoms with E-state index in [0.717, 1.165) is 23.6 Å². The zero-order valence-corrected chi connectivity index (χ0v) is 17.1. The Bertz CT molecular complexity index is 1020. The molecule has 7 heteroatoms. The van der Waals surface area contributed by atoms with Gasteiger partial charge in [0, 0.05) is 25.5 Å². The summed E-state index contributed by atoms with van der Waals surface area (Å²) in [4.78, 5) is 6.18. The van der Waals surface area contributed by atoms with E-state index in [1.165, 1.54) is 28.9 Å². The van der Waals surface area contributed by atoms with Crippen LogP contribution < -0.4 is 0 Å². The Kier molecular flexibility index (Phi) is 5.41. The zero-order valence-electron chi connectivity index (χ0n) is 15.4. The van der Waals surface area contributed by atoms with Gasteiger partial charge in [0.2, 0.25) is 10.0 Å². The maximum Gasteiger partial charge on any atom is 0.242 e. The molecular weight excluding hydrogens is 366 g/mol. The Morgan fingerprint density at radius 3 is 2.42 bits per heavy atom. The summed E-state index contributed by atoms with van der Waals surface area (Å²) >= 11 is 1.73. The molecule has 0 spiro atoms. The molecule has 0 amide bonds. The Morgan fingerprint density at radius 1 is 1.12 bits per heavy atom. The summed E-state index contributed by atoms with van der Waals surface area (Å²) in [5.74, 6) is 1.69. The summed E-state index contributed by atoms with van der Waals surface area (Å²) in [5, 5.41) is 0. The lowest BCUT2D eigenvalue weighted by Crippen LogP contribution is -2.22. The van der Waals surface area contributed by atoms with Crippen molar-refractivity contribution in [2.75, 3.05) is 14.1 Å². The number of aryl methyl sites for hydroxylation is 2. The van der Waals surface area contributed by atoms with E-state index in [1.807, 2.05) is 6.07 Å². The third-order valence-corrected chi connectivity index (χ3v) is 7.10. The number of rotatable bonds is 6. The van der Waals surface area contributed by atoms with Gasteiger partial charge in [-0.15, -0.1) is 11.8 Å². The molecule has 3 aromatic rings. The minimum Gasteiger partial charge on any atom is -0.328 e. The van der Waals surface area contributed by atoms with Gasteiger partial charge in [-0.05, 0) is 44.2 Å². The minimum absolute atomic E-state index is 0.272. The van der Waals surface area contributed by atoms with E-state index < -0.39 is 10.0 Å². The van der Waals surface area contributed by atoms with Crippen molar-refractivity contribution in [3.05, 3.63) is 53.9 Å². The molecule has 1 aromatic heterocycles. The molecule has 0 atom stereocenters. The first-order valence-electron chi connectivity index (χ1n) is 8.44. The summed E-state index contributed by atoms with van der Waals surface area (Å²) < 4.78 is 28.1. The van der Waals surface area contributed by atoms with Crippen LogP contribution in [0.3, 0.4) is 0 Å². The lowest BCUT2D eigenvalue weighted by molar-refractivity contribution is 0.521. The van der Waals surface area contributed by atoms with E-state index in [1.54, 1.807) is 23.9 Å². The van der Waals surface area contributed by atoms with Gasteiger partial charge in [0.25, 0.3) is 0 Å². The molecule has 1 heterocycles. The van der Waals surface area contributed by atoms with Crippen molar-refractivity contribution in [1.29, 1.82) is 0 Å². The lowest BCUT2D eigenvalue weighted by atomic mass is 10.2. The third-order valence-electron chi connectivity index (χ3n) is 4.28. The predicted octanol–water partition coefficient (Wildman–Crippen LogP) is 3.91. The van der Waals surface area contributed by atoms with Crippen molar-refractivity contribution in [1.82, 2.24) is 13.9 Å². The fraction of sp³-hybridized carbons (Fsp3) is 0.316. The van der Waals surface area contributed by atoms with E-state index >= 15 is 0 Å². The van der Waals surface area contributed by atoms with E-state index in [0.29, 0.717) is 5.52 Å². The number of fused-ring (bicyclic) bond motifs is 1. The Labute approximate surface area is 159 Å². The molecule has 138 valence electrons. The maximum atomic E-state index is 12.4. The topological polar surface area (TPSA) is 55.2 Å². The molecule has 26 heavy (non-hydrogen) atoms. The first kappa shape index (κ1) is 18.9. The lowest BCUT2D eigenvalue weighted by Gasteiger charge is -2.11. The number of sulfonamides is 1. The molecule has 3 rings (SSSR count). The number of imidazole rings is 1. The van der Waals surface area contributed by atoms with Crippen molar-refractivity contribution in [3.63, 3.8) is 0 Å². The molecule has 0 aliphatic heterocycles. The minimum atomic E-state index is -3.46. The van der Waals surface area contributed by atoms with Crippen molar-refractivity contribution in [3.8, 4) is 0 Å². The molecule has 0 unspecified atom stereocenters. The van der Waals surface area contributed by atoms with Crippen molar-refractivity contribution in [2.24, 2.45) is 0 Å². The van der Waals surface area contributed by atoms with Gasteiger partial charge in [0.15, 0.2) is 0 Å². The third kappa shape index (κ3) is 3.65. The monoisotopic (exact) mass is 389 g/mol. The van der Waals surface area contributed by atoms with Crippen LogP contribution in [-0.4, -0.2) is 36.4 Å². The number of nitrogens with zero attached hydrogens (tertiary/aromatic N) is 3. The first-order chi connectivity index (χ1) is 12.3. The number of benzene rings is 2. The summed E-state index contributed by atoms with van der Waals surface area (Å²) in [6.07, 6.45) is 0. The van der Waals surface area contributed by atoms with Gasteiger partial charge in [-0.1, -0.05) is 17.7 Å². The number of thioether (sulfide) groups is 1. The van der Waals surface area contributed by atoms with Crippen LogP contribution in [-0.2, 0) is 22.3 Å².